The molecule has 0 saturated heterocycles. The summed E-state index contributed by atoms with van der Waals surface area (Å²) in [6, 6.07) is 7.54. The molecule has 2 aromatic carbocycles. The summed E-state index contributed by atoms with van der Waals surface area (Å²) in [7, 11) is 0. The van der Waals surface area contributed by atoms with Crippen molar-refractivity contribution in [1.29, 1.82) is 0 Å². The Hall–Kier alpha value is -2.63. The maximum absolute atomic E-state index is 13.6. The largest absolute Gasteiger partial charge is 0.505 e. The van der Waals surface area contributed by atoms with Crippen molar-refractivity contribution in [2.75, 3.05) is 5.32 Å². The molecule has 0 aliphatic heterocycles. The van der Waals surface area contributed by atoms with Gasteiger partial charge < -0.3 is 16.2 Å². The molecule has 4 nitrogen and oxygen atoms in total. The highest BCUT2D eigenvalue weighted by Crippen LogP contribution is 2.19. The molecule has 20 heavy (non-hydrogen) atoms. The van der Waals surface area contributed by atoms with Crippen molar-refractivity contribution in [2.24, 2.45) is 5.73 Å². The van der Waals surface area contributed by atoms with Gasteiger partial charge in [-0.3, -0.25) is 4.79 Å². The highest BCUT2D eigenvalue weighted by Gasteiger charge is 2.07. The summed E-state index contributed by atoms with van der Waals surface area (Å²) < 4.78 is 26.7. The molecule has 2 rings (SSSR count). The molecule has 0 atom stereocenters. The minimum Gasteiger partial charge on any atom is -0.505 e. The van der Waals surface area contributed by atoms with Crippen molar-refractivity contribution in [3.05, 3.63) is 59.2 Å². The number of rotatable bonds is 4. The normalized spacial score (nSPS) is 10.3. The van der Waals surface area contributed by atoms with Crippen LogP contribution in [0.1, 0.15) is 15.9 Å². The number of hydrogen-bond acceptors (Lipinski definition) is 3. The van der Waals surface area contributed by atoms with Crippen LogP contribution in [0, 0.1) is 11.6 Å². The van der Waals surface area contributed by atoms with Crippen molar-refractivity contribution >= 4 is 11.6 Å². The number of benzene rings is 2. The molecule has 0 spiro atoms. The first kappa shape index (κ1) is 13.8. The highest BCUT2D eigenvalue weighted by atomic mass is 19.1. The van der Waals surface area contributed by atoms with Gasteiger partial charge in [0.05, 0.1) is 5.69 Å². The molecule has 1 amide bonds. The molecule has 0 radical (unpaired) electrons. The summed E-state index contributed by atoms with van der Waals surface area (Å²) in [6.07, 6.45) is 0. The zero-order chi connectivity index (χ0) is 14.7. The number of hydrogen-bond donors (Lipinski definition) is 3. The van der Waals surface area contributed by atoms with Gasteiger partial charge in [-0.25, -0.2) is 8.78 Å². The molecule has 0 fully saturated rings. The van der Waals surface area contributed by atoms with Gasteiger partial charge in [-0.05, 0) is 35.9 Å². The van der Waals surface area contributed by atoms with E-state index in [1.807, 2.05) is 0 Å². The van der Waals surface area contributed by atoms with E-state index in [0.717, 1.165) is 12.1 Å². The van der Waals surface area contributed by atoms with Crippen LogP contribution in [-0.2, 0) is 6.54 Å². The number of nitrogens with two attached hydrogens (primary N) is 1. The maximum Gasteiger partial charge on any atom is 0.248 e. The monoisotopic (exact) mass is 278 g/mol. The Morgan fingerprint density at radius 1 is 1.15 bits per heavy atom. The fraction of sp³-hybridized carbons (Fsp3) is 0.0714. The summed E-state index contributed by atoms with van der Waals surface area (Å²) in [5.74, 6) is -2.41. The van der Waals surface area contributed by atoms with Gasteiger partial charge in [0.15, 0.2) is 11.6 Å². The number of amides is 1. The zero-order valence-electron chi connectivity index (χ0n) is 10.4. The minimum absolute atomic E-state index is 0.0924. The van der Waals surface area contributed by atoms with E-state index in [-0.39, 0.29) is 17.8 Å². The standard InChI is InChI=1S/C14H12F2N2O2/c15-10-3-2-9(14(17)20)6-12(10)18-7-8-1-4-13(19)11(16)5-8/h1-6,18-19H,7H2,(H2,17,20). The van der Waals surface area contributed by atoms with Gasteiger partial charge in [0.2, 0.25) is 5.91 Å². The van der Waals surface area contributed by atoms with Crippen LogP contribution in [-0.4, -0.2) is 11.0 Å². The Morgan fingerprint density at radius 2 is 1.90 bits per heavy atom. The van der Waals surface area contributed by atoms with E-state index >= 15 is 0 Å². The number of anilines is 1. The van der Waals surface area contributed by atoms with E-state index in [1.54, 1.807) is 0 Å². The number of carbonyl (C=O) groups excluding carboxylic acids is 1. The summed E-state index contributed by atoms with van der Waals surface area (Å²) in [6.45, 7) is 0.135. The lowest BCUT2D eigenvalue weighted by molar-refractivity contribution is 0.100. The molecule has 0 bridgehead atoms. The second-order valence-electron chi connectivity index (χ2n) is 4.20. The first-order valence-electron chi connectivity index (χ1n) is 5.78. The van der Waals surface area contributed by atoms with Crippen molar-refractivity contribution in [2.45, 2.75) is 6.54 Å². The molecule has 4 N–H and O–H groups in total. The molecule has 0 heterocycles. The fourth-order valence-electron chi connectivity index (χ4n) is 1.67. The van der Waals surface area contributed by atoms with Crippen LogP contribution >= 0.6 is 0 Å². The third kappa shape index (κ3) is 3.03. The molecular formula is C14H12F2N2O2. The van der Waals surface area contributed by atoms with Gasteiger partial charge >= 0.3 is 0 Å². The number of halogens is 2. The van der Waals surface area contributed by atoms with Crippen LogP contribution in [0.25, 0.3) is 0 Å². The fourth-order valence-corrected chi connectivity index (χ4v) is 1.67. The molecule has 2 aromatic rings. The van der Waals surface area contributed by atoms with E-state index in [9.17, 15) is 13.6 Å². The van der Waals surface area contributed by atoms with Crippen LogP contribution in [0.2, 0.25) is 0 Å². The van der Waals surface area contributed by atoms with Crippen LogP contribution < -0.4 is 11.1 Å². The molecule has 0 saturated carbocycles. The van der Waals surface area contributed by atoms with Crippen LogP contribution in [0.15, 0.2) is 36.4 Å². The lowest BCUT2D eigenvalue weighted by Gasteiger charge is -2.09. The maximum atomic E-state index is 13.6. The quantitative estimate of drug-likeness (QED) is 0.803. The Kier molecular flexibility index (Phi) is 3.84. The Bertz CT molecular complexity index is 660. The van der Waals surface area contributed by atoms with E-state index in [0.29, 0.717) is 5.56 Å². The van der Waals surface area contributed by atoms with Gasteiger partial charge in [0, 0.05) is 12.1 Å². The van der Waals surface area contributed by atoms with Gasteiger partial charge in [0.25, 0.3) is 0 Å². The average Bonchev–Trinajstić information content (AvgIpc) is 2.41. The average molecular weight is 278 g/mol. The smallest absolute Gasteiger partial charge is 0.248 e. The predicted molar refractivity (Wildman–Crippen MR) is 70.3 cm³/mol. The highest BCUT2D eigenvalue weighted by molar-refractivity contribution is 5.93. The van der Waals surface area contributed by atoms with Crippen molar-refractivity contribution in [3.8, 4) is 5.75 Å². The number of nitrogens with one attached hydrogen (secondary N) is 1. The lowest BCUT2D eigenvalue weighted by atomic mass is 10.1. The number of carbonyl (C=O) groups is 1. The molecule has 104 valence electrons. The van der Waals surface area contributed by atoms with E-state index < -0.39 is 23.3 Å². The third-order valence-corrected chi connectivity index (χ3v) is 2.75. The second kappa shape index (κ2) is 5.56. The van der Waals surface area contributed by atoms with Crippen molar-refractivity contribution < 1.29 is 18.7 Å². The van der Waals surface area contributed by atoms with Crippen molar-refractivity contribution in [1.82, 2.24) is 0 Å². The summed E-state index contributed by atoms with van der Waals surface area (Å²) >= 11 is 0. The van der Waals surface area contributed by atoms with Crippen molar-refractivity contribution in [3.63, 3.8) is 0 Å². The van der Waals surface area contributed by atoms with Gasteiger partial charge in [-0.1, -0.05) is 6.07 Å². The van der Waals surface area contributed by atoms with E-state index in [1.165, 1.54) is 24.3 Å². The Balaban J connectivity index is 2.15. The van der Waals surface area contributed by atoms with E-state index in [4.69, 9.17) is 10.8 Å². The number of aromatic hydroxyl groups is 1. The SMILES string of the molecule is NC(=O)c1ccc(F)c(NCc2ccc(O)c(F)c2)c1. The van der Waals surface area contributed by atoms with E-state index in [2.05, 4.69) is 5.32 Å². The van der Waals surface area contributed by atoms with Gasteiger partial charge in [-0.15, -0.1) is 0 Å². The second-order valence-corrected chi connectivity index (χ2v) is 4.20. The zero-order valence-corrected chi connectivity index (χ0v) is 10.4. The molecule has 0 aromatic heterocycles. The lowest BCUT2D eigenvalue weighted by Crippen LogP contribution is -2.12. The minimum atomic E-state index is -0.754. The molecule has 6 heteroatoms. The number of phenols is 1. The Morgan fingerprint density at radius 3 is 2.55 bits per heavy atom. The molecule has 0 aliphatic carbocycles. The summed E-state index contributed by atoms with van der Waals surface area (Å²) in [5.41, 5.74) is 5.89. The predicted octanol–water partition coefficient (Wildman–Crippen LogP) is 2.38. The topological polar surface area (TPSA) is 75.4 Å². The third-order valence-electron chi connectivity index (χ3n) is 2.75. The van der Waals surface area contributed by atoms with Crippen LogP contribution in [0.4, 0.5) is 14.5 Å². The number of phenolic OH excluding ortho intramolecular Hbond substituents is 1. The molecule has 0 aliphatic rings. The number of primary amides is 1. The van der Waals surface area contributed by atoms with Crippen LogP contribution in [0.5, 0.6) is 5.75 Å². The Labute approximate surface area is 113 Å². The van der Waals surface area contributed by atoms with Crippen LogP contribution in [0.3, 0.4) is 0 Å². The first-order chi connectivity index (χ1) is 9.47. The van der Waals surface area contributed by atoms with Gasteiger partial charge in [-0.2, -0.15) is 0 Å². The van der Waals surface area contributed by atoms with Gasteiger partial charge in [0.1, 0.15) is 5.82 Å². The first-order valence-corrected chi connectivity index (χ1v) is 5.78. The summed E-state index contributed by atoms with van der Waals surface area (Å²) in [4.78, 5) is 11.0. The molecule has 0 unspecified atom stereocenters. The summed E-state index contributed by atoms with van der Waals surface area (Å²) in [5, 5.41) is 11.8. The molecular weight excluding hydrogens is 266 g/mol.